The van der Waals surface area contributed by atoms with Crippen LogP contribution < -0.4 is 14.5 Å². The predicted molar refractivity (Wildman–Crippen MR) is 116 cm³/mol. The maximum Gasteiger partial charge on any atom is 0.262 e. The van der Waals surface area contributed by atoms with E-state index in [4.69, 9.17) is 0 Å². The van der Waals surface area contributed by atoms with Gasteiger partial charge in [0.1, 0.15) is 5.69 Å². The van der Waals surface area contributed by atoms with E-state index in [0.29, 0.717) is 22.3 Å². The van der Waals surface area contributed by atoms with Gasteiger partial charge in [-0.15, -0.1) is 0 Å². The molecule has 1 saturated heterocycles. The molecule has 0 spiro atoms. The number of benzene rings is 1. The number of hydrogen-bond donors (Lipinski definition) is 1. The van der Waals surface area contributed by atoms with Crippen molar-refractivity contribution < 1.29 is 8.42 Å². The zero-order valence-corrected chi connectivity index (χ0v) is 18.0. The van der Waals surface area contributed by atoms with Gasteiger partial charge in [0.25, 0.3) is 10.0 Å². The summed E-state index contributed by atoms with van der Waals surface area (Å²) < 4.78 is 28.8. The van der Waals surface area contributed by atoms with Crippen LogP contribution in [0.5, 0.6) is 0 Å². The molecule has 1 fully saturated rings. The summed E-state index contributed by atoms with van der Waals surface area (Å²) in [6.07, 6.45) is 9.33. The van der Waals surface area contributed by atoms with Crippen LogP contribution in [0.25, 0.3) is 0 Å². The Kier molecular flexibility index (Phi) is 5.63. The first kappa shape index (κ1) is 19.9. The number of piperidine rings is 1. The zero-order chi connectivity index (χ0) is 20.4. The molecule has 8 heteroatoms. The second kappa shape index (κ2) is 8.18. The van der Waals surface area contributed by atoms with Crippen LogP contribution in [0.3, 0.4) is 0 Å². The van der Waals surface area contributed by atoms with Crippen molar-refractivity contribution in [2.24, 2.45) is 0 Å². The maximum atomic E-state index is 13.1. The second-order valence-corrected chi connectivity index (χ2v) is 9.77. The molecule has 0 atom stereocenters. The molecule has 0 unspecified atom stereocenters. The molecule has 1 aliphatic heterocycles. The third kappa shape index (κ3) is 4.32. The Bertz CT molecular complexity index is 985. The highest BCUT2D eigenvalue weighted by molar-refractivity contribution is 7.92. The van der Waals surface area contributed by atoms with Crippen LogP contribution in [0.1, 0.15) is 43.2 Å². The summed E-state index contributed by atoms with van der Waals surface area (Å²) in [6, 6.07) is 5.46. The van der Waals surface area contributed by atoms with Crippen LogP contribution in [-0.2, 0) is 22.9 Å². The molecule has 2 heterocycles. The number of fused-ring (bicyclic) bond motifs is 1. The lowest BCUT2D eigenvalue weighted by molar-refractivity contribution is 0.568. The molecule has 0 bridgehead atoms. The van der Waals surface area contributed by atoms with Crippen molar-refractivity contribution >= 4 is 27.5 Å². The Morgan fingerprint density at radius 1 is 1.00 bits per heavy atom. The SMILES string of the molecule is CN(C)c1nc(N2CCCCC2)ncc1NS(=O)(=O)c1ccc2c(c1)CCCC2. The van der Waals surface area contributed by atoms with Gasteiger partial charge >= 0.3 is 0 Å². The van der Waals surface area contributed by atoms with E-state index in [1.807, 2.05) is 31.1 Å². The van der Waals surface area contributed by atoms with Crippen molar-refractivity contribution in [2.45, 2.75) is 49.8 Å². The Morgan fingerprint density at radius 3 is 2.45 bits per heavy atom. The van der Waals surface area contributed by atoms with E-state index in [1.165, 1.54) is 18.4 Å². The van der Waals surface area contributed by atoms with Crippen molar-refractivity contribution in [3.63, 3.8) is 0 Å². The highest BCUT2D eigenvalue weighted by Gasteiger charge is 2.22. The molecule has 1 aliphatic carbocycles. The van der Waals surface area contributed by atoms with Gasteiger partial charge in [-0.05, 0) is 68.2 Å². The molecule has 1 N–H and O–H groups in total. The summed E-state index contributed by atoms with van der Waals surface area (Å²) >= 11 is 0. The van der Waals surface area contributed by atoms with Crippen molar-refractivity contribution in [2.75, 3.05) is 41.7 Å². The van der Waals surface area contributed by atoms with Gasteiger partial charge in [-0.3, -0.25) is 4.72 Å². The van der Waals surface area contributed by atoms with Crippen molar-refractivity contribution in [3.8, 4) is 0 Å². The largest absolute Gasteiger partial charge is 0.361 e. The number of nitrogens with zero attached hydrogens (tertiary/aromatic N) is 4. The fourth-order valence-corrected chi connectivity index (χ4v) is 5.20. The molecule has 29 heavy (non-hydrogen) atoms. The Balaban J connectivity index is 1.62. The minimum Gasteiger partial charge on any atom is -0.361 e. The average Bonchev–Trinajstić information content (AvgIpc) is 2.74. The standard InChI is InChI=1S/C21H29N5O2S/c1-25(2)20-19(15-22-21(23-20)26-12-6-3-7-13-26)24-29(27,28)18-11-10-16-8-4-5-9-17(16)14-18/h10-11,14-15,24H,3-9,12-13H2,1-2H3. The number of rotatable bonds is 5. The van der Waals surface area contributed by atoms with E-state index in [9.17, 15) is 8.42 Å². The highest BCUT2D eigenvalue weighted by Crippen LogP contribution is 2.29. The zero-order valence-electron chi connectivity index (χ0n) is 17.2. The van der Waals surface area contributed by atoms with E-state index in [0.717, 1.165) is 50.8 Å². The lowest BCUT2D eigenvalue weighted by atomic mass is 9.92. The molecule has 0 saturated carbocycles. The van der Waals surface area contributed by atoms with E-state index in [1.54, 1.807) is 12.3 Å². The molecule has 1 aromatic carbocycles. The number of nitrogens with one attached hydrogen (secondary N) is 1. The van der Waals surface area contributed by atoms with Crippen molar-refractivity contribution in [3.05, 3.63) is 35.5 Å². The fraction of sp³-hybridized carbons (Fsp3) is 0.524. The molecule has 0 radical (unpaired) electrons. The van der Waals surface area contributed by atoms with E-state index in [-0.39, 0.29) is 0 Å². The van der Waals surface area contributed by atoms with Gasteiger partial charge < -0.3 is 9.80 Å². The number of sulfonamides is 1. The lowest BCUT2D eigenvalue weighted by Crippen LogP contribution is -2.31. The summed E-state index contributed by atoms with van der Waals surface area (Å²) in [4.78, 5) is 13.4. The predicted octanol–water partition coefficient (Wildman–Crippen LogP) is 3.21. The lowest BCUT2D eigenvalue weighted by Gasteiger charge is -2.28. The number of aromatic nitrogens is 2. The van der Waals surface area contributed by atoms with Crippen molar-refractivity contribution in [1.29, 1.82) is 0 Å². The molecule has 7 nitrogen and oxygen atoms in total. The molecule has 2 aliphatic rings. The van der Waals surface area contributed by atoms with Crippen LogP contribution in [0.2, 0.25) is 0 Å². The van der Waals surface area contributed by atoms with Gasteiger partial charge in [0.05, 0.1) is 11.1 Å². The summed E-state index contributed by atoms with van der Waals surface area (Å²) in [5, 5.41) is 0. The average molecular weight is 416 g/mol. The van der Waals surface area contributed by atoms with Gasteiger partial charge in [0.2, 0.25) is 5.95 Å². The minimum atomic E-state index is -3.71. The van der Waals surface area contributed by atoms with E-state index < -0.39 is 10.0 Å². The van der Waals surface area contributed by atoms with Crippen LogP contribution in [0.15, 0.2) is 29.3 Å². The molecule has 1 aromatic heterocycles. The smallest absolute Gasteiger partial charge is 0.262 e. The Hall–Kier alpha value is -2.35. The van der Waals surface area contributed by atoms with Crippen LogP contribution in [0, 0.1) is 0 Å². The second-order valence-electron chi connectivity index (χ2n) is 8.09. The normalized spacial score (nSPS) is 17.0. The van der Waals surface area contributed by atoms with Gasteiger partial charge in [0.15, 0.2) is 5.82 Å². The molecule has 2 aromatic rings. The first-order chi connectivity index (χ1) is 13.9. The summed E-state index contributed by atoms with van der Waals surface area (Å²) in [5.41, 5.74) is 2.80. The van der Waals surface area contributed by atoms with Crippen LogP contribution in [-0.4, -0.2) is 45.6 Å². The fourth-order valence-electron chi connectivity index (χ4n) is 4.10. The molecule has 156 valence electrons. The third-order valence-corrected chi connectivity index (χ3v) is 7.06. The minimum absolute atomic E-state index is 0.294. The number of aryl methyl sites for hydroxylation is 2. The quantitative estimate of drug-likeness (QED) is 0.808. The van der Waals surface area contributed by atoms with Gasteiger partial charge in [-0.25, -0.2) is 13.4 Å². The summed E-state index contributed by atoms with van der Waals surface area (Å²) in [7, 11) is 0.00945. The monoisotopic (exact) mass is 415 g/mol. The van der Waals surface area contributed by atoms with Crippen LogP contribution in [0.4, 0.5) is 17.5 Å². The number of hydrogen-bond acceptors (Lipinski definition) is 6. The van der Waals surface area contributed by atoms with Crippen molar-refractivity contribution in [1.82, 2.24) is 9.97 Å². The highest BCUT2D eigenvalue weighted by atomic mass is 32.2. The maximum absolute atomic E-state index is 13.1. The van der Waals surface area contributed by atoms with Gasteiger partial charge in [-0.2, -0.15) is 4.98 Å². The molecule has 4 rings (SSSR count). The first-order valence-corrected chi connectivity index (χ1v) is 11.9. The molecular weight excluding hydrogens is 386 g/mol. The molecular formula is C21H29N5O2S. The van der Waals surface area contributed by atoms with Crippen LogP contribution >= 0.6 is 0 Å². The number of anilines is 3. The van der Waals surface area contributed by atoms with E-state index >= 15 is 0 Å². The topological polar surface area (TPSA) is 78.4 Å². The summed E-state index contributed by atoms with van der Waals surface area (Å²) in [5.74, 6) is 1.23. The molecule has 0 amide bonds. The third-order valence-electron chi connectivity index (χ3n) is 5.69. The first-order valence-electron chi connectivity index (χ1n) is 10.4. The summed E-state index contributed by atoms with van der Waals surface area (Å²) in [6.45, 7) is 1.88. The van der Waals surface area contributed by atoms with Gasteiger partial charge in [0, 0.05) is 27.2 Å². The van der Waals surface area contributed by atoms with Gasteiger partial charge in [-0.1, -0.05) is 6.07 Å². The van der Waals surface area contributed by atoms with E-state index in [2.05, 4.69) is 19.6 Å². The Labute approximate surface area is 173 Å². The Morgan fingerprint density at radius 2 is 1.72 bits per heavy atom.